The minimum atomic E-state index is 0.628. The van der Waals surface area contributed by atoms with Crippen LogP contribution in [0.3, 0.4) is 0 Å². The van der Waals surface area contributed by atoms with Gasteiger partial charge in [0, 0.05) is 33.9 Å². The van der Waals surface area contributed by atoms with E-state index < -0.39 is 0 Å². The second-order valence-corrected chi connectivity index (χ2v) is 5.37. The van der Waals surface area contributed by atoms with Crippen molar-refractivity contribution in [1.29, 1.82) is 0 Å². The van der Waals surface area contributed by atoms with Crippen LogP contribution in [0.4, 0.5) is 0 Å². The molecule has 1 aromatic rings. The van der Waals surface area contributed by atoms with Crippen molar-refractivity contribution in [2.45, 2.75) is 13.0 Å². The first-order chi connectivity index (χ1) is 10.7. The number of methoxy groups -OCH3 is 3. The van der Waals surface area contributed by atoms with E-state index in [1.165, 1.54) is 0 Å². The molecule has 0 radical (unpaired) electrons. The molecule has 22 heavy (non-hydrogen) atoms. The first-order valence-corrected chi connectivity index (χ1v) is 7.79. The lowest BCUT2D eigenvalue weighted by molar-refractivity contribution is 0.195. The molecule has 0 atom stereocenters. The highest BCUT2D eigenvalue weighted by atomic mass is 79.9. The summed E-state index contributed by atoms with van der Waals surface area (Å²) in [5.74, 6) is 2.13. The summed E-state index contributed by atoms with van der Waals surface area (Å²) >= 11 is 3.49. The Bertz CT molecular complexity index is 495. The van der Waals surface area contributed by atoms with Crippen LogP contribution in [-0.2, 0) is 11.3 Å². The quantitative estimate of drug-likeness (QED) is 0.415. The summed E-state index contributed by atoms with van der Waals surface area (Å²) in [6, 6.07) is 3.93. The molecule has 0 unspecified atom stereocenters. The Hall–Kier alpha value is -1.47. The van der Waals surface area contributed by atoms with Gasteiger partial charge in [-0.2, -0.15) is 0 Å². The van der Waals surface area contributed by atoms with E-state index in [4.69, 9.17) is 14.2 Å². The number of hydrogen-bond donors (Lipinski definition) is 2. The molecule has 0 aliphatic rings. The number of aliphatic imine (C=N–C) groups is 1. The molecule has 1 rings (SSSR count). The van der Waals surface area contributed by atoms with Gasteiger partial charge in [0.05, 0.1) is 18.7 Å². The lowest BCUT2D eigenvalue weighted by atomic mass is 10.2. The second kappa shape index (κ2) is 10.3. The smallest absolute Gasteiger partial charge is 0.191 e. The molecule has 0 saturated carbocycles. The molecule has 0 aliphatic carbocycles. The highest BCUT2D eigenvalue weighted by Gasteiger charge is 2.10. The van der Waals surface area contributed by atoms with Gasteiger partial charge in [0.25, 0.3) is 0 Å². The van der Waals surface area contributed by atoms with Crippen LogP contribution in [0.15, 0.2) is 21.6 Å². The third-order valence-corrected chi connectivity index (χ3v) is 3.58. The lowest BCUT2D eigenvalue weighted by Gasteiger charge is -2.14. The number of hydrogen-bond acceptors (Lipinski definition) is 4. The Balaban J connectivity index is 2.61. The number of nitrogens with one attached hydrogen (secondary N) is 2. The molecule has 0 aromatic heterocycles. The highest BCUT2D eigenvalue weighted by Crippen LogP contribution is 2.36. The van der Waals surface area contributed by atoms with Crippen LogP contribution in [0.1, 0.15) is 12.0 Å². The molecule has 0 saturated heterocycles. The van der Waals surface area contributed by atoms with Crippen molar-refractivity contribution in [1.82, 2.24) is 10.6 Å². The SMILES string of the molecule is CN=C(NCCCOC)NCc1cc(Br)c(OC)c(OC)c1. The number of ether oxygens (including phenoxy) is 3. The van der Waals surface area contributed by atoms with Gasteiger partial charge in [-0.15, -0.1) is 0 Å². The van der Waals surface area contributed by atoms with E-state index in [0.717, 1.165) is 35.6 Å². The second-order valence-electron chi connectivity index (χ2n) is 4.51. The van der Waals surface area contributed by atoms with Crippen molar-refractivity contribution in [2.75, 3.05) is 41.5 Å². The van der Waals surface area contributed by atoms with Crippen LogP contribution < -0.4 is 20.1 Å². The third kappa shape index (κ3) is 5.73. The Labute approximate surface area is 140 Å². The average molecular weight is 374 g/mol. The maximum absolute atomic E-state index is 5.34. The maximum atomic E-state index is 5.34. The fourth-order valence-corrected chi connectivity index (χ4v) is 2.55. The molecule has 0 bridgehead atoms. The zero-order valence-corrected chi connectivity index (χ0v) is 15.1. The molecule has 0 heterocycles. The highest BCUT2D eigenvalue weighted by molar-refractivity contribution is 9.10. The van der Waals surface area contributed by atoms with Gasteiger partial charge >= 0.3 is 0 Å². The molecule has 0 fully saturated rings. The van der Waals surface area contributed by atoms with Gasteiger partial charge in [-0.3, -0.25) is 4.99 Å². The molecule has 0 spiro atoms. The van der Waals surface area contributed by atoms with Gasteiger partial charge in [0.1, 0.15) is 0 Å². The Morgan fingerprint density at radius 3 is 2.55 bits per heavy atom. The summed E-state index contributed by atoms with van der Waals surface area (Å²) in [4.78, 5) is 4.19. The third-order valence-electron chi connectivity index (χ3n) is 2.99. The van der Waals surface area contributed by atoms with E-state index in [1.54, 1.807) is 28.4 Å². The predicted octanol–water partition coefficient (Wildman–Crippen LogP) is 2.17. The average Bonchev–Trinajstić information content (AvgIpc) is 2.53. The van der Waals surface area contributed by atoms with Gasteiger partial charge in [0.15, 0.2) is 17.5 Å². The summed E-state index contributed by atoms with van der Waals surface area (Å²) in [5.41, 5.74) is 1.06. The van der Waals surface area contributed by atoms with Crippen LogP contribution in [-0.4, -0.2) is 47.5 Å². The van der Waals surface area contributed by atoms with Crippen LogP contribution in [0, 0.1) is 0 Å². The van der Waals surface area contributed by atoms with E-state index >= 15 is 0 Å². The van der Waals surface area contributed by atoms with E-state index in [9.17, 15) is 0 Å². The predicted molar refractivity (Wildman–Crippen MR) is 91.9 cm³/mol. The summed E-state index contributed by atoms with van der Waals surface area (Å²) in [6.07, 6.45) is 0.930. The zero-order valence-electron chi connectivity index (χ0n) is 13.5. The number of halogens is 1. The summed E-state index contributed by atoms with van der Waals surface area (Å²) < 4.78 is 16.5. The van der Waals surface area contributed by atoms with E-state index in [-0.39, 0.29) is 0 Å². The van der Waals surface area contributed by atoms with Crippen LogP contribution in [0.2, 0.25) is 0 Å². The molecular weight excluding hydrogens is 350 g/mol. The van der Waals surface area contributed by atoms with Crippen LogP contribution in [0.25, 0.3) is 0 Å². The molecular formula is C15H24BrN3O3. The number of nitrogens with zero attached hydrogens (tertiary/aromatic N) is 1. The van der Waals surface area contributed by atoms with E-state index in [2.05, 4.69) is 31.6 Å². The topological polar surface area (TPSA) is 64.1 Å². The number of rotatable bonds is 8. The summed E-state index contributed by atoms with van der Waals surface area (Å²) in [5, 5.41) is 6.49. The van der Waals surface area contributed by atoms with Crippen LogP contribution in [0.5, 0.6) is 11.5 Å². The van der Waals surface area contributed by atoms with Gasteiger partial charge in [0.2, 0.25) is 0 Å². The fraction of sp³-hybridized carbons (Fsp3) is 0.533. The van der Waals surface area contributed by atoms with Crippen molar-refractivity contribution in [2.24, 2.45) is 4.99 Å². The van der Waals surface area contributed by atoms with Crippen LogP contribution >= 0.6 is 15.9 Å². The van der Waals surface area contributed by atoms with Crippen molar-refractivity contribution in [3.8, 4) is 11.5 Å². The summed E-state index contributed by atoms with van der Waals surface area (Å²) in [6.45, 7) is 2.17. The molecule has 2 N–H and O–H groups in total. The minimum absolute atomic E-state index is 0.628. The normalized spacial score (nSPS) is 11.2. The first kappa shape index (κ1) is 18.6. The molecule has 1 aromatic carbocycles. The Morgan fingerprint density at radius 2 is 1.95 bits per heavy atom. The molecule has 6 nitrogen and oxygen atoms in total. The molecule has 0 amide bonds. The molecule has 124 valence electrons. The fourth-order valence-electron chi connectivity index (χ4n) is 1.90. The van der Waals surface area contributed by atoms with Gasteiger partial charge < -0.3 is 24.8 Å². The molecule has 7 heteroatoms. The summed E-state index contributed by atoms with van der Waals surface area (Å²) in [7, 11) is 6.68. The van der Waals surface area contributed by atoms with E-state index in [1.807, 2.05) is 12.1 Å². The minimum Gasteiger partial charge on any atom is -0.493 e. The number of guanidine groups is 1. The van der Waals surface area contributed by atoms with Gasteiger partial charge in [-0.25, -0.2) is 0 Å². The van der Waals surface area contributed by atoms with Gasteiger partial charge in [-0.05, 0) is 40.0 Å². The Kier molecular flexibility index (Phi) is 8.69. The van der Waals surface area contributed by atoms with E-state index in [0.29, 0.717) is 18.0 Å². The zero-order chi connectivity index (χ0) is 16.4. The van der Waals surface area contributed by atoms with Crippen molar-refractivity contribution < 1.29 is 14.2 Å². The lowest BCUT2D eigenvalue weighted by Crippen LogP contribution is -2.37. The number of benzene rings is 1. The first-order valence-electron chi connectivity index (χ1n) is 7.00. The maximum Gasteiger partial charge on any atom is 0.191 e. The Morgan fingerprint density at radius 1 is 1.18 bits per heavy atom. The standard InChI is InChI=1S/C15H24BrN3O3/c1-17-15(18-6-5-7-20-2)19-10-11-8-12(16)14(22-4)13(9-11)21-3/h8-9H,5-7,10H2,1-4H3,(H2,17,18,19). The molecule has 0 aliphatic heterocycles. The monoisotopic (exact) mass is 373 g/mol. The van der Waals surface area contributed by atoms with Crippen molar-refractivity contribution >= 4 is 21.9 Å². The van der Waals surface area contributed by atoms with Gasteiger partial charge in [-0.1, -0.05) is 0 Å². The van der Waals surface area contributed by atoms with Crippen molar-refractivity contribution in [3.05, 3.63) is 22.2 Å². The van der Waals surface area contributed by atoms with Crippen molar-refractivity contribution in [3.63, 3.8) is 0 Å². The largest absolute Gasteiger partial charge is 0.493 e.